The molecule has 4 heteroatoms. The molecule has 1 heterocycles. The molecule has 0 spiro atoms. The van der Waals surface area contributed by atoms with Crippen molar-refractivity contribution in [2.24, 2.45) is 5.41 Å². The number of aliphatic hydroxyl groups is 1. The van der Waals surface area contributed by atoms with Gasteiger partial charge in [-0.2, -0.15) is 0 Å². The predicted octanol–water partition coefficient (Wildman–Crippen LogP) is 1.39. The molecule has 0 radical (unpaired) electrons. The Kier molecular flexibility index (Phi) is 3.26. The fourth-order valence-corrected chi connectivity index (χ4v) is 2.29. The van der Waals surface area contributed by atoms with Crippen LogP contribution in [0.2, 0.25) is 0 Å². The van der Waals surface area contributed by atoms with Gasteiger partial charge in [0, 0.05) is 11.4 Å². The van der Waals surface area contributed by atoms with E-state index in [1.807, 2.05) is 13.8 Å². The number of likely N-dealkylation sites (tertiary alicyclic amines) is 1. The summed E-state index contributed by atoms with van der Waals surface area (Å²) < 4.78 is 0. The first-order valence-corrected chi connectivity index (χ1v) is 6.01. The number of hydrogen-bond donors (Lipinski definition) is 1. The number of rotatable bonds is 3. The summed E-state index contributed by atoms with van der Waals surface area (Å²) in [5.41, 5.74) is -0.0857. The van der Waals surface area contributed by atoms with Gasteiger partial charge in [-0.3, -0.25) is 4.79 Å². The Morgan fingerprint density at radius 1 is 1.57 bits per heavy atom. The van der Waals surface area contributed by atoms with E-state index < -0.39 is 6.10 Å². The number of carbonyl (C=O) groups is 1. The van der Waals surface area contributed by atoms with E-state index in [4.69, 9.17) is 0 Å². The number of alkyl halides is 1. The lowest BCUT2D eigenvalue weighted by atomic mass is 9.76. The highest BCUT2D eigenvalue weighted by molar-refractivity contribution is 9.09. The normalized spacial score (nSPS) is 28.2. The van der Waals surface area contributed by atoms with Crippen molar-refractivity contribution in [1.82, 2.24) is 4.90 Å². The average Bonchev–Trinajstić information content (AvgIpc) is 2.11. The van der Waals surface area contributed by atoms with Crippen molar-refractivity contribution >= 4 is 21.8 Å². The number of hydrogen-bond acceptors (Lipinski definition) is 2. The van der Waals surface area contributed by atoms with Gasteiger partial charge in [0.15, 0.2) is 6.10 Å². The van der Waals surface area contributed by atoms with E-state index in [1.54, 1.807) is 4.90 Å². The molecule has 0 saturated carbocycles. The van der Waals surface area contributed by atoms with Crippen LogP contribution in [0.3, 0.4) is 0 Å². The van der Waals surface area contributed by atoms with E-state index in [1.165, 1.54) is 0 Å². The van der Waals surface area contributed by atoms with Crippen LogP contribution in [0.1, 0.15) is 27.7 Å². The third-order valence-electron chi connectivity index (χ3n) is 2.81. The number of aliphatic hydroxyl groups excluding tert-OH is 1. The Morgan fingerprint density at radius 2 is 2.07 bits per heavy atom. The van der Waals surface area contributed by atoms with Crippen LogP contribution in [-0.4, -0.2) is 39.4 Å². The number of nitrogens with zero attached hydrogens (tertiary/aromatic N) is 1. The molecule has 1 amide bonds. The Hall–Kier alpha value is -0.0900. The van der Waals surface area contributed by atoms with Crippen molar-refractivity contribution in [3.05, 3.63) is 0 Å². The Bertz CT molecular complexity index is 240. The highest BCUT2D eigenvalue weighted by Crippen LogP contribution is 2.37. The van der Waals surface area contributed by atoms with E-state index in [0.29, 0.717) is 0 Å². The molecular weight excluding hydrogens is 246 g/mol. The zero-order valence-electron chi connectivity index (χ0n) is 9.12. The minimum Gasteiger partial charge on any atom is -0.381 e. The van der Waals surface area contributed by atoms with Crippen LogP contribution in [0.4, 0.5) is 0 Å². The maximum atomic E-state index is 11.4. The SMILES string of the molecule is CC(C)N1C(=O)[C@@H](O)[C@H]1C(C)(C)CBr. The Balaban J connectivity index is 2.83. The van der Waals surface area contributed by atoms with Crippen molar-refractivity contribution < 1.29 is 9.90 Å². The second-order valence-corrected chi connectivity index (χ2v) is 5.41. The molecule has 0 aliphatic carbocycles. The van der Waals surface area contributed by atoms with Gasteiger partial charge in [0.2, 0.25) is 0 Å². The zero-order valence-corrected chi connectivity index (χ0v) is 10.7. The molecule has 0 aromatic heterocycles. The zero-order chi connectivity index (χ0) is 11.1. The van der Waals surface area contributed by atoms with Crippen LogP contribution in [0.25, 0.3) is 0 Å². The Morgan fingerprint density at radius 3 is 2.43 bits per heavy atom. The largest absolute Gasteiger partial charge is 0.381 e. The summed E-state index contributed by atoms with van der Waals surface area (Å²) >= 11 is 3.42. The van der Waals surface area contributed by atoms with E-state index in [0.717, 1.165) is 5.33 Å². The maximum absolute atomic E-state index is 11.4. The first-order valence-electron chi connectivity index (χ1n) is 4.89. The van der Waals surface area contributed by atoms with Crippen molar-refractivity contribution in [2.75, 3.05) is 5.33 Å². The summed E-state index contributed by atoms with van der Waals surface area (Å²) in [6.07, 6.45) is -0.815. The molecule has 1 N–H and O–H groups in total. The lowest BCUT2D eigenvalue weighted by molar-refractivity contribution is -0.180. The highest BCUT2D eigenvalue weighted by atomic mass is 79.9. The minimum atomic E-state index is -0.815. The van der Waals surface area contributed by atoms with Crippen LogP contribution < -0.4 is 0 Å². The van der Waals surface area contributed by atoms with Gasteiger partial charge in [0.05, 0.1) is 6.04 Å². The molecule has 0 aromatic carbocycles. The quantitative estimate of drug-likeness (QED) is 0.618. The molecule has 0 unspecified atom stereocenters. The number of amides is 1. The van der Waals surface area contributed by atoms with Gasteiger partial charge in [-0.1, -0.05) is 29.8 Å². The maximum Gasteiger partial charge on any atom is 0.254 e. The van der Waals surface area contributed by atoms with Crippen molar-refractivity contribution in [3.8, 4) is 0 Å². The standard InChI is InChI=1S/C10H18BrNO2/c1-6(2)12-8(7(13)9(12)14)10(3,4)5-11/h6-8,13H,5H2,1-4H3/t7-,8-/m0/s1. The smallest absolute Gasteiger partial charge is 0.254 e. The van der Waals surface area contributed by atoms with Gasteiger partial charge in [-0.25, -0.2) is 0 Å². The van der Waals surface area contributed by atoms with Gasteiger partial charge in [-0.05, 0) is 19.3 Å². The van der Waals surface area contributed by atoms with Crippen molar-refractivity contribution in [2.45, 2.75) is 45.9 Å². The van der Waals surface area contributed by atoms with Crippen LogP contribution >= 0.6 is 15.9 Å². The van der Waals surface area contributed by atoms with Crippen LogP contribution in [-0.2, 0) is 4.79 Å². The van der Waals surface area contributed by atoms with Crippen molar-refractivity contribution in [1.29, 1.82) is 0 Å². The first kappa shape index (κ1) is 12.0. The molecular formula is C10H18BrNO2. The topological polar surface area (TPSA) is 40.5 Å². The van der Waals surface area contributed by atoms with Crippen molar-refractivity contribution in [3.63, 3.8) is 0 Å². The summed E-state index contributed by atoms with van der Waals surface area (Å²) in [7, 11) is 0. The molecule has 0 bridgehead atoms. The first-order chi connectivity index (χ1) is 6.33. The second-order valence-electron chi connectivity index (χ2n) is 4.85. The fourth-order valence-electron chi connectivity index (χ4n) is 1.95. The van der Waals surface area contributed by atoms with Gasteiger partial charge in [0.25, 0.3) is 5.91 Å². The van der Waals surface area contributed by atoms with E-state index in [2.05, 4.69) is 29.8 Å². The van der Waals surface area contributed by atoms with E-state index in [9.17, 15) is 9.90 Å². The fraction of sp³-hybridized carbons (Fsp3) is 0.900. The van der Waals surface area contributed by atoms with Crippen LogP contribution in [0.15, 0.2) is 0 Å². The third kappa shape index (κ3) is 1.70. The molecule has 14 heavy (non-hydrogen) atoms. The molecule has 1 saturated heterocycles. The highest BCUT2D eigenvalue weighted by Gasteiger charge is 2.53. The molecule has 0 aromatic rings. The molecule has 3 nitrogen and oxygen atoms in total. The lowest BCUT2D eigenvalue weighted by Gasteiger charge is -2.53. The molecule has 1 rings (SSSR count). The third-order valence-corrected chi connectivity index (χ3v) is 4.25. The minimum absolute atomic E-state index is 0.0608. The second kappa shape index (κ2) is 3.81. The molecule has 1 fully saturated rings. The summed E-state index contributed by atoms with van der Waals surface area (Å²) in [5.74, 6) is -0.140. The number of halogens is 1. The number of β-lactam (4-membered cyclic amide) rings is 1. The Labute approximate surface area is 93.6 Å². The summed E-state index contributed by atoms with van der Waals surface area (Å²) in [6.45, 7) is 8.05. The molecule has 1 aliphatic heterocycles. The predicted molar refractivity (Wildman–Crippen MR) is 59.4 cm³/mol. The monoisotopic (exact) mass is 263 g/mol. The average molecular weight is 264 g/mol. The molecule has 1 aliphatic rings. The molecule has 82 valence electrons. The van der Waals surface area contributed by atoms with Gasteiger partial charge in [-0.15, -0.1) is 0 Å². The van der Waals surface area contributed by atoms with Crippen LogP contribution in [0, 0.1) is 5.41 Å². The van der Waals surface area contributed by atoms with Gasteiger partial charge < -0.3 is 10.0 Å². The van der Waals surface area contributed by atoms with E-state index >= 15 is 0 Å². The van der Waals surface area contributed by atoms with Crippen LogP contribution in [0.5, 0.6) is 0 Å². The lowest BCUT2D eigenvalue weighted by Crippen LogP contribution is -2.71. The summed E-state index contributed by atoms with van der Waals surface area (Å²) in [6, 6.07) is 0.101. The summed E-state index contributed by atoms with van der Waals surface area (Å²) in [5, 5.41) is 10.4. The van der Waals surface area contributed by atoms with Gasteiger partial charge in [0.1, 0.15) is 0 Å². The number of carbonyl (C=O) groups excluding carboxylic acids is 1. The van der Waals surface area contributed by atoms with Gasteiger partial charge >= 0.3 is 0 Å². The summed E-state index contributed by atoms with van der Waals surface area (Å²) in [4.78, 5) is 13.2. The van der Waals surface area contributed by atoms with E-state index in [-0.39, 0.29) is 23.4 Å². The molecule has 2 atom stereocenters.